The zero-order chi connectivity index (χ0) is 16.4. The molecular weight excluding hydrogens is 298 g/mol. The lowest BCUT2D eigenvalue weighted by Crippen LogP contribution is -1.90. The first-order valence-electron chi connectivity index (χ1n) is 7.75. The lowest BCUT2D eigenvalue weighted by Gasteiger charge is -2.14. The van der Waals surface area contributed by atoms with Crippen LogP contribution in [0.1, 0.15) is 0 Å². The Kier molecular flexibility index (Phi) is 2.36. The lowest BCUT2D eigenvalue weighted by molar-refractivity contribution is 1.23. The molecule has 0 radical (unpaired) electrons. The summed E-state index contributed by atoms with van der Waals surface area (Å²) in [5, 5.41) is 18.8. The van der Waals surface area contributed by atoms with Crippen molar-refractivity contribution in [2.45, 2.75) is 0 Å². The quantitative estimate of drug-likeness (QED) is 0.410. The van der Waals surface area contributed by atoms with Gasteiger partial charge in [0.25, 0.3) is 0 Å². The zero-order valence-corrected chi connectivity index (χ0v) is 12.8. The normalized spacial score (nSPS) is 11.8. The van der Waals surface area contributed by atoms with Crippen LogP contribution in [-0.4, -0.2) is 4.73 Å². The smallest absolute Gasteiger partial charge is 0.0524 e. The predicted octanol–water partition coefficient (Wildman–Crippen LogP) is 4.61. The molecular formula is C20H14N3O-. The van der Waals surface area contributed by atoms with Gasteiger partial charge in [0.15, 0.2) is 0 Å². The molecule has 0 saturated heterocycles. The SMILES string of the molecule is Nc1ccc2ccc3c4ccc5ccc(N)cc5c4n([O-])c3c2c1. The number of nitrogen functional groups attached to an aromatic ring is 2. The topological polar surface area (TPSA) is 80.0 Å². The second-order valence-corrected chi connectivity index (χ2v) is 6.18. The van der Waals surface area contributed by atoms with Crippen LogP contribution in [0.5, 0.6) is 0 Å². The van der Waals surface area contributed by atoms with Gasteiger partial charge in [0.05, 0.1) is 11.0 Å². The Morgan fingerprint density at radius 3 is 1.46 bits per heavy atom. The molecule has 4 N–H and O–H groups in total. The summed E-state index contributed by atoms with van der Waals surface area (Å²) in [5.74, 6) is 0. The molecule has 4 aromatic carbocycles. The summed E-state index contributed by atoms with van der Waals surface area (Å²) in [6.07, 6.45) is 0. The molecule has 5 rings (SSSR count). The summed E-state index contributed by atoms with van der Waals surface area (Å²) < 4.78 is 1.02. The van der Waals surface area contributed by atoms with E-state index in [-0.39, 0.29) is 0 Å². The van der Waals surface area contributed by atoms with Crippen LogP contribution >= 0.6 is 0 Å². The molecule has 116 valence electrons. The van der Waals surface area contributed by atoms with Gasteiger partial charge >= 0.3 is 0 Å². The molecule has 0 aliphatic carbocycles. The van der Waals surface area contributed by atoms with Crippen molar-refractivity contribution in [3.05, 3.63) is 65.9 Å². The van der Waals surface area contributed by atoms with Crippen LogP contribution < -0.4 is 11.5 Å². The molecule has 0 aliphatic heterocycles. The number of hydrogen-bond donors (Lipinski definition) is 2. The lowest BCUT2D eigenvalue weighted by atomic mass is 10.0. The second-order valence-electron chi connectivity index (χ2n) is 6.18. The molecule has 1 heterocycles. The van der Waals surface area contributed by atoms with Crippen LogP contribution in [0.3, 0.4) is 0 Å². The molecule has 4 nitrogen and oxygen atoms in total. The standard InChI is InChI=1S/C20H14N3O/c21-13-5-1-11-3-7-15-16-8-4-12-2-6-14(22)10-18(12)20(16)23(24)19(15)17(11)9-13/h1-10H,21-22H2/q-1. The van der Waals surface area contributed by atoms with E-state index in [0.717, 1.165) is 37.0 Å². The van der Waals surface area contributed by atoms with E-state index in [0.29, 0.717) is 22.4 Å². The van der Waals surface area contributed by atoms with E-state index in [1.165, 1.54) is 0 Å². The number of nitrogens with zero attached hydrogens (tertiary/aromatic N) is 1. The van der Waals surface area contributed by atoms with Crippen LogP contribution in [0.2, 0.25) is 0 Å². The average molecular weight is 312 g/mol. The van der Waals surface area contributed by atoms with Crippen molar-refractivity contribution < 1.29 is 0 Å². The van der Waals surface area contributed by atoms with Gasteiger partial charge in [0.2, 0.25) is 0 Å². The third-order valence-electron chi connectivity index (χ3n) is 4.73. The Balaban J connectivity index is 2.11. The molecule has 0 unspecified atom stereocenters. The van der Waals surface area contributed by atoms with Crippen molar-refractivity contribution >= 4 is 54.7 Å². The summed E-state index contributed by atoms with van der Waals surface area (Å²) in [5.41, 5.74) is 14.5. The minimum atomic E-state index is 0.648. The highest BCUT2D eigenvalue weighted by molar-refractivity contribution is 6.23. The van der Waals surface area contributed by atoms with Gasteiger partial charge in [0, 0.05) is 32.9 Å². The molecule has 24 heavy (non-hydrogen) atoms. The summed E-state index contributed by atoms with van der Waals surface area (Å²) in [6, 6.07) is 19.4. The maximum Gasteiger partial charge on any atom is 0.0524 e. The van der Waals surface area contributed by atoms with E-state index in [2.05, 4.69) is 0 Å². The zero-order valence-electron chi connectivity index (χ0n) is 12.8. The van der Waals surface area contributed by atoms with Crippen LogP contribution in [0.4, 0.5) is 11.4 Å². The third kappa shape index (κ3) is 1.57. The van der Waals surface area contributed by atoms with Gasteiger partial charge < -0.3 is 21.4 Å². The van der Waals surface area contributed by atoms with E-state index in [1.54, 1.807) is 0 Å². The third-order valence-corrected chi connectivity index (χ3v) is 4.73. The molecule has 0 saturated carbocycles. The number of anilines is 2. The molecule has 0 bridgehead atoms. The van der Waals surface area contributed by atoms with Crippen LogP contribution in [-0.2, 0) is 0 Å². The molecule has 1 aromatic heterocycles. The van der Waals surface area contributed by atoms with Crippen molar-refractivity contribution in [2.24, 2.45) is 0 Å². The van der Waals surface area contributed by atoms with E-state index < -0.39 is 0 Å². The minimum Gasteiger partial charge on any atom is -0.805 e. The maximum atomic E-state index is 13.2. The van der Waals surface area contributed by atoms with Gasteiger partial charge in [-0.05, 0) is 35.0 Å². The number of aromatic nitrogens is 1. The maximum absolute atomic E-state index is 13.2. The van der Waals surface area contributed by atoms with Gasteiger partial charge in [0.1, 0.15) is 0 Å². The first-order valence-corrected chi connectivity index (χ1v) is 7.75. The van der Waals surface area contributed by atoms with Crippen LogP contribution in [0.25, 0.3) is 43.4 Å². The van der Waals surface area contributed by atoms with Gasteiger partial charge in [-0.1, -0.05) is 36.4 Å². The number of benzene rings is 4. The van der Waals surface area contributed by atoms with Crippen LogP contribution in [0.15, 0.2) is 60.7 Å². The van der Waals surface area contributed by atoms with Crippen molar-refractivity contribution in [3.8, 4) is 0 Å². The molecule has 4 heteroatoms. The van der Waals surface area contributed by atoms with E-state index >= 15 is 0 Å². The van der Waals surface area contributed by atoms with Gasteiger partial charge in [-0.25, -0.2) is 0 Å². The molecule has 0 fully saturated rings. The highest BCUT2D eigenvalue weighted by atomic mass is 16.5. The van der Waals surface area contributed by atoms with Gasteiger partial charge in [-0.3, -0.25) is 0 Å². The number of rotatable bonds is 0. The largest absolute Gasteiger partial charge is 0.805 e. The Bertz CT molecular complexity index is 1190. The highest BCUT2D eigenvalue weighted by Gasteiger charge is 2.12. The fraction of sp³-hybridized carbons (Fsp3) is 0. The van der Waals surface area contributed by atoms with Crippen LogP contribution in [0, 0.1) is 5.21 Å². The number of hydrogen-bond acceptors (Lipinski definition) is 3. The predicted molar refractivity (Wildman–Crippen MR) is 102 cm³/mol. The fourth-order valence-electron chi connectivity index (χ4n) is 3.63. The van der Waals surface area contributed by atoms with E-state index in [9.17, 15) is 5.21 Å². The molecule has 0 aliphatic rings. The Morgan fingerprint density at radius 2 is 1.00 bits per heavy atom. The second kappa shape index (κ2) is 4.32. The average Bonchev–Trinajstić information content (AvgIpc) is 2.88. The van der Waals surface area contributed by atoms with Crippen molar-refractivity contribution in [1.29, 1.82) is 0 Å². The van der Waals surface area contributed by atoms with Gasteiger partial charge in [-0.2, -0.15) is 0 Å². The number of fused-ring (bicyclic) bond motifs is 7. The Labute approximate surface area is 137 Å². The molecule has 0 amide bonds. The van der Waals surface area contributed by atoms with Crippen molar-refractivity contribution in [1.82, 2.24) is 4.73 Å². The van der Waals surface area contributed by atoms with Crippen molar-refractivity contribution in [2.75, 3.05) is 11.5 Å². The fourth-order valence-corrected chi connectivity index (χ4v) is 3.63. The first-order chi connectivity index (χ1) is 11.6. The molecule has 0 atom stereocenters. The minimum absolute atomic E-state index is 0.648. The summed E-state index contributed by atoms with van der Waals surface area (Å²) >= 11 is 0. The van der Waals surface area contributed by atoms with E-state index in [4.69, 9.17) is 11.5 Å². The Morgan fingerprint density at radius 1 is 0.583 bits per heavy atom. The number of nitrogens with two attached hydrogens (primary N) is 2. The monoisotopic (exact) mass is 312 g/mol. The Hall–Kier alpha value is -3.40. The highest BCUT2D eigenvalue weighted by Crippen LogP contribution is 2.38. The summed E-state index contributed by atoms with van der Waals surface area (Å²) in [4.78, 5) is 0. The first kappa shape index (κ1) is 13.1. The molecule has 5 aromatic rings. The van der Waals surface area contributed by atoms with E-state index in [1.807, 2.05) is 60.7 Å². The van der Waals surface area contributed by atoms with Crippen molar-refractivity contribution in [3.63, 3.8) is 0 Å². The van der Waals surface area contributed by atoms with Gasteiger partial charge in [-0.15, -0.1) is 0 Å². The molecule has 0 spiro atoms. The summed E-state index contributed by atoms with van der Waals surface area (Å²) in [7, 11) is 0. The summed E-state index contributed by atoms with van der Waals surface area (Å²) in [6.45, 7) is 0.